The lowest BCUT2D eigenvalue weighted by Crippen LogP contribution is -1.78. The van der Waals surface area contributed by atoms with Gasteiger partial charge in [0.2, 0.25) is 0 Å². The minimum Gasteiger partial charge on any atom is -0.312 e. The van der Waals surface area contributed by atoms with Gasteiger partial charge in [0.25, 0.3) is 0 Å². The van der Waals surface area contributed by atoms with Crippen molar-refractivity contribution in [1.29, 1.82) is 0 Å². The quantitative estimate of drug-likeness (QED) is 0.528. The Kier molecular flexibility index (Phi) is 15.4. The molecule has 0 aliphatic heterocycles. The van der Waals surface area contributed by atoms with Gasteiger partial charge in [0, 0.05) is 0 Å². The smallest absolute Gasteiger partial charge is 0.0225 e. The molecule has 46 valence electrons. The van der Waals surface area contributed by atoms with Gasteiger partial charge in [-0.05, 0) is 12.6 Å². The minimum absolute atomic E-state index is 0. The van der Waals surface area contributed by atoms with Crippen molar-refractivity contribution in [2.45, 2.75) is 19.8 Å². The van der Waals surface area contributed by atoms with E-state index in [0.29, 0.717) is 8.73 Å². The van der Waals surface area contributed by atoms with Crippen molar-refractivity contribution in [1.82, 2.24) is 0 Å². The molecule has 3 heteroatoms. The number of unbranched alkanes of at least 4 members (excludes halogenated alkanes) is 1. The molecule has 7 heavy (non-hydrogen) atoms. The fourth-order valence-electron chi connectivity index (χ4n) is 0.279. The van der Waals surface area contributed by atoms with Crippen LogP contribution in [-0.4, -0.2) is 6.16 Å². The van der Waals surface area contributed by atoms with Gasteiger partial charge in [-0.1, -0.05) is 22.1 Å². The van der Waals surface area contributed by atoms with Crippen LogP contribution < -0.4 is 5.50 Å². The lowest BCUT2D eigenvalue weighted by atomic mass is 10.4. The highest BCUT2D eigenvalue weighted by Crippen LogP contribution is 1.99. The second-order valence-electron chi connectivity index (χ2n) is 1.31. The summed E-state index contributed by atoms with van der Waals surface area (Å²) in [7, 11) is 0.665. The molecule has 0 radical (unpaired) electrons. The summed E-state index contributed by atoms with van der Waals surface area (Å²) in [5.41, 5.74) is 5.24. The van der Waals surface area contributed by atoms with Crippen LogP contribution in [-0.2, 0) is 0 Å². The normalized spacial score (nSPS) is 9.43. The molecule has 0 aliphatic carbocycles. The summed E-state index contributed by atoms with van der Waals surface area (Å²) in [6.45, 7) is 2.18. The Bertz CT molecular complexity index is 23.7. The van der Waals surface area contributed by atoms with Gasteiger partial charge in [0.05, 0.1) is 0 Å². The summed E-state index contributed by atoms with van der Waals surface area (Å²) in [6, 6.07) is 0. The van der Waals surface area contributed by atoms with Crippen LogP contribution >= 0.6 is 25.7 Å². The van der Waals surface area contributed by atoms with Crippen molar-refractivity contribution in [3.8, 4) is 0 Å². The molecule has 0 saturated heterocycles. The first-order valence-corrected chi connectivity index (χ1v) is 3.63. The predicted molar refractivity (Wildman–Crippen MR) is 42.6 cm³/mol. The third-order valence-electron chi connectivity index (χ3n) is 0.675. The Labute approximate surface area is 57.7 Å². The molecule has 0 rings (SSSR count). The lowest BCUT2D eigenvalue weighted by molar-refractivity contribution is 0.894. The summed E-state index contributed by atoms with van der Waals surface area (Å²) in [5.74, 6) is 0. The average Bonchev–Trinajstić information content (AvgIpc) is 1.61. The predicted octanol–water partition coefficient (Wildman–Crippen LogP) is 1.92. The topological polar surface area (TPSA) is 26.0 Å². The zero-order valence-corrected chi connectivity index (χ0v) is 7.32. The number of hydrogen-bond donors (Lipinski definition) is 1. The van der Waals surface area contributed by atoms with E-state index in [0.717, 1.165) is 0 Å². The van der Waals surface area contributed by atoms with E-state index in [-0.39, 0.29) is 17.0 Å². The van der Waals surface area contributed by atoms with Crippen LogP contribution in [0.5, 0.6) is 0 Å². The Balaban J connectivity index is 0. The minimum atomic E-state index is 0. The van der Waals surface area contributed by atoms with Gasteiger partial charge in [0.15, 0.2) is 0 Å². The first kappa shape index (κ1) is 10.8. The van der Waals surface area contributed by atoms with Crippen LogP contribution in [0.1, 0.15) is 19.8 Å². The first-order chi connectivity index (χ1) is 2.91. The maximum atomic E-state index is 5.24. The number of nitrogens with two attached hydrogens (primary N) is 1. The van der Waals surface area contributed by atoms with Crippen LogP contribution in [0.25, 0.3) is 0 Å². The monoisotopic (exact) mass is 185 g/mol. The summed E-state index contributed by atoms with van der Waals surface area (Å²) < 4.78 is 0. The van der Waals surface area contributed by atoms with Gasteiger partial charge in [-0.25, -0.2) is 0 Å². The van der Waals surface area contributed by atoms with E-state index < -0.39 is 0 Å². The van der Waals surface area contributed by atoms with Gasteiger partial charge in [-0.2, -0.15) is 0 Å². The first-order valence-electron chi connectivity index (χ1n) is 2.35. The lowest BCUT2D eigenvalue weighted by Gasteiger charge is -1.86. The molecular formula is C4H13BrNP. The Hall–Kier alpha value is 0.870. The largest absolute Gasteiger partial charge is 0.312 e. The SMILES string of the molecule is Br.CCCCPN. The van der Waals surface area contributed by atoms with Gasteiger partial charge < -0.3 is 5.50 Å². The van der Waals surface area contributed by atoms with Crippen LogP contribution in [0.3, 0.4) is 0 Å². The zero-order chi connectivity index (χ0) is 4.83. The molecule has 0 aliphatic rings. The van der Waals surface area contributed by atoms with Crippen molar-refractivity contribution >= 4 is 25.7 Å². The third-order valence-corrected chi connectivity index (χ3v) is 1.32. The van der Waals surface area contributed by atoms with Gasteiger partial charge in [-0.3, -0.25) is 0 Å². The molecular weight excluding hydrogens is 173 g/mol. The summed E-state index contributed by atoms with van der Waals surface area (Å²) in [4.78, 5) is 0. The molecule has 0 spiro atoms. The molecule has 1 atom stereocenters. The summed E-state index contributed by atoms with van der Waals surface area (Å²) in [6.07, 6.45) is 3.80. The van der Waals surface area contributed by atoms with E-state index in [1.807, 2.05) is 0 Å². The number of halogens is 1. The fraction of sp³-hybridized carbons (Fsp3) is 1.00. The van der Waals surface area contributed by atoms with Crippen molar-refractivity contribution < 1.29 is 0 Å². The average molecular weight is 186 g/mol. The maximum absolute atomic E-state index is 5.24. The zero-order valence-electron chi connectivity index (χ0n) is 4.61. The second-order valence-corrected chi connectivity index (χ2v) is 2.22. The van der Waals surface area contributed by atoms with E-state index >= 15 is 0 Å². The van der Waals surface area contributed by atoms with E-state index in [9.17, 15) is 0 Å². The molecule has 0 bridgehead atoms. The third kappa shape index (κ3) is 10.9. The highest BCUT2D eigenvalue weighted by Gasteiger charge is 1.75. The Morgan fingerprint density at radius 3 is 2.29 bits per heavy atom. The highest BCUT2D eigenvalue weighted by atomic mass is 79.9. The van der Waals surface area contributed by atoms with Crippen molar-refractivity contribution in [2.75, 3.05) is 6.16 Å². The molecule has 0 amide bonds. The van der Waals surface area contributed by atoms with Gasteiger partial charge >= 0.3 is 0 Å². The van der Waals surface area contributed by atoms with Crippen LogP contribution in [0, 0.1) is 0 Å². The molecule has 0 heterocycles. The van der Waals surface area contributed by atoms with Gasteiger partial charge in [-0.15, -0.1) is 17.0 Å². The van der Waals surface area contributed by atoms with E-state index in [1.54, 1.807) is 0 Å². The summed E-state index contributed by atoms with van der Waals surface area (Å²) >= 11 is 0. The molecule has 0 saturated carbocycles. The van der Waals surface area contributed by atoms with Crippen molar-refractivity contribution in [2.24, 2.45) is 5.50 Å². The molecule has 2 N–H and O–H groups in total. The van der Waals surface area contributed by atoms with E-state index in [2.05, 4.69) is 6.92 Å². The highest BCUT2D eigenvalue weighted by molar-refractivity contribution is 8.93. The fourth-order valence-corrected chi connectivity index (χ4v) is 0.837. The van der Waals surface area contributed by atoms with E-state index in [1.165, 1.54) is 19.0 Å². The van der Waals surface area contributed by atoms with Crippen LogP contribution in [0.15, 0.2) is 0 Å². The van der Waals surface area contributed by atoms with Crippen molar-refractivity contribution in [3.05, 3.63) is 0 Å². The molecule has 0 aromatic rings. The number of hydrogen-bond acceptors (Lipinski definition) is 1. The standard InChI is InChI=1S/C4H12NP.BrH/c1-2-3-4-6-5;/h6H,2-5H2,1H3;1H. The maximum Gasteiger partial charge on any atom is -0.0225 e. The molecule has 0 aromatic heterocycles. The second kappa shape index (κ2) is 9.98. The van der Waals surface area contributed by atoms with Crippen LogP contribution in [0.2, 0.25) is 0 Å². The van der Waals surface area contributed by atoms with E-state index in [4.69, 9.17) is 5.50 Å². The Morgan fingerprint density at radius 1 is 1.57 bits per heavy atom. The number of rotatable bonds is 3. The summed E-state index contributed by atoms with van der Waals surface area (Å²) in [5, 5.41) is 0. The Morgan fingerprint density at radius 2 is 2.14 bits per heavy atom. The van der Waals surface area contributed by atoms with Crippen LogP contribution in [0.4, 0.5) is 0 Å². The molecule has 0 aromatic carbocycles. The van der Waals surface area contributed by atoms with Crippen molar-refractivity contribution in [3.63, 3.8) is 0 Å². The van der Waals surface area contributed by atoms with Gasteiger partial charge in [0.1, 0.15) is 0 Å². The molecule has 1 nitrogen and oxygen atoms in total. The molecule has 1 unspecified atom stereocenters. The molecule has 0 fully saturated rings.